The molecule has 1 saturated carbocycles. The number of benzene rings is 1. The van der Waals surface area contributed by atoms with Gasteiger partial charge in [-0.25, -0.2) is 13.1 Å². The third kappa shape index (κ3) is 5.31. The fourth-order valence-corrected chi connectivity index (χ4v) is 5.22. The van der Waals surface area contributed by atoms with Gasteiger partial charge in [0.1, 0.15) is 0 Å². The van der Waals surface area contributed by atoms with Crippen LogP contribution in [0.2, 0.25) is 0 Å². The number of amides is 1. The summed E-state index contributed by atoms with van der Waals surface area (Å²) in [6.07, 6.45) is 4.87. The molecular formula is C18H27BN3O4S. The predicted molar refractivity (Wildman–Crippen MR) is 104 cm³/mol. The van der Waals surface area contributed by atoms with Crippen LogP contribution in [0.5, 0.6) is 0 Å². The Morgan fingerprint density at radius 2 is 1.78 bits per heavy atom. The summed E-state index contributed by atoms with van der Waals surface area (Å²) in [4.78, 5) is 14.3. The number of hydrogen-bond acceptors (Lipinski definition) is 5. The highest BCUT2D eigenvalue weighted by Gasteiger charge is 2.30. The lowest BCUT2D eigenvalue weighted by Crippen LogP contribution is -2.47. The predicted octanol–water partition coefficient (Wildman–Crippen LogP) is 0.426. The van der Waals surface area contributed by atoms with Crippen molar-refractivity contribution in [3.8, 4) is 0 Å². The minimum Gasteiger partial charge on any atom is -0.452 e. The van der Waals surface area contributed by atoms with E-state index in [4.69, 9.17) is 0 Å². The van der Waals surface area contributed by atoms with E-state index in [1.165, 1.54) is 0 Å². The van der Waals surface area contributed by atoms with Crippen molar-refractivity contribution in [3.63, 3.8) is 0 Å². The Hall–Kier alpha value is -1.42. The molecule has 147 valence electrons. The van der Waals surface area contributed by atoms with Gasteiger partial charge in [-0.1, -0.05) is 18.2 Å². The highest BCUT2D eigenvalue weighted by Crippen LogP contribution is 2.21. The van der Waals surface area contributed by atoms with Gasteiger partial charge in [0.15, 0.2) is 0 Å². The second-order valence-electron chi connectivity index (χ2n) is 7.31. The van der Waals surface area contributed by atoms with Gasteiger partial charge in [0.2, 0.25) is 15.9 Å². The normalized spacial score (nSPS) is 26.1. The largest absolute Gasteiger partial charge is 0.452 e. The van der Waals surface area contributed by atoms with Crippen LogP contribution in [0.4, 0.5) is 0 Å². The van der Waals surface area contributed by atoms with E-state index in [-0.39, 0.29) is 35.4 Å². The summed E-state index contributed by atoms with van der Waals surface area (Å²) in [5, 5.41) is 12.5. The van der Waals surface area contributed by atoms with E-state index in [2.05, 4.69) is 10.0 Å². The van der Waals surface area contributed by atoms with Gasteiger partial charge >= 0.3 is 7.48 Å². The molecule has 9 heteroatoms. The second kappa shape index (κ2) is 9.19. The summed E-state index contributed by atoms with van der Waals surface area (Å²) in [6, 6.07) is 8.55. The van der Waals surface area contributed by atoms with Gasteiger partial charge in [-0.15, -0.1) is 0 Å². The van der Waals surface area contributed by atoms with E-state index >= 15 is 0 Å². The topological polar surface area (TPSA) is 98.7 Å². The number of likely N-dealkylation sites (tertiary alicyclic amines) is 1. The lowest BCUT2D eigenvalue weighted by molar-refractivity contribution is -0.130. The van der Waals surface area contributed by atoms with Crippen LogP contribution in [0.3, 0.4) is 0 Å². The van der Waals surface area contributed by atoms with Crippen LogP contribution in [0.25, 0.3) is 0 Å². The average molecular weight is 392 g/mol. The molecule has 1 aromatic rings. The molecule has 0 spiro atoms. The van der Waals surface area contributed by atoms with Gasteiger partial charge in [-0.05, 0) is 50.7 Å². The first-order chi connectivity index (χ1) is 13.0. The van der Waals surface area contributed by atoms with Crippen molar-refractivity contribution in [2.75, 3.05) is 13.1 Å². The number of hydrogen-bond donors (Lipinski definition) is 3. The number of carbonyl (C=O) groups is 1. The van der Waals surface area contributed by atoms with Gasteiger partial charge in [-0.3, -0.25) is 4.79 Å². The van der Waals surface area contributed by atoms with E-state index in [1.54, 1.807) is 35.2 Å². The Morgan fingerprint density at radius 3 is 2.44 bits per heavy atom. The van der Waals surface area contributed by atoms with Crippen molar-refractivity contribution in [2.24, 2.45) is 0 Å². The van der Waals surface area contributed by atoms with Crippen molar-refractivity contribution in [1.29, 1.82) is 0 Å². The molecule has 2 fully saturated rings. The molecule has 0 bridgehead atoms. The molecule has 2 aliphatic rings. The molecule has 7 nitrogen and oxygen atoms in total. The van der Waals surface area contributed by atoms with Crippen molar-refractivity contribution in [2.45, 2.75) is 61.4 Å². The summed E-state index contributed by atoms with van der Waals surface area (Å²) in [5.74, 6) is -0.155. The van der Waals surface area contributed by atoms with E-state index in [1.807, 2.05) is 0 Å². The molecule has 0 unspecified atom stereocenters. The molecule has 1 heterocycles. The molecule has 1 radical (unpaired) electrons. The first-order valence-corrected chi connectivity index (χ1v) is 11.1. The monoisotopic (exact) mass is 392 g/mol. The standard InChI is InChI=1S/C18H27BN3O4S/c23-18(22-12-4-7-17(22)19-24)13-20-14-8-10-15(11-9-14)21-27(25,26)16-5-2-1-3-6-16/h1-3,5-6,14-15,17,20-21,24H,4,7-13H2/t14?,15?,17-/m0/s1. The Morgan fingerprint density at radius 1 is 1.11 bits per heavy atom. The van der Waals surface area contributed by atoms with E-state index in [0.29, 0.717) is 6.54 Å². The van der Waals surface area contributed by atoms with Crippen LogP contribution in [-0.2, 0) is 14.8 Å². The van der Waals surface area contributed by atoms with Crippen LogP contribution in [-0.4, -0.2) is 62.8 Å². The molecule has 0 aromatic heterocycles. The molecule has 1 amide bonds. The number of sulfonamides is 1. The van der Waals surface area contributed by atoms with E-state index in [9.17, 15) is 18.2 Å². The smallest absolute Gasteiger partial charge is 0.312 e. The highest BCUT2D eigenvalue weighted by molar-refractivity contribution is 7.89. The Kier molecular flexibility index (Phi) is 6.91. The molecule has 1 aliphatic heterocycles. The Balaban J connectivity index is 1.42. The van der Waals surface area contributed by atoms with Crippen LogP contribution < -0.4 is 10.0 Å². The molecule has 1 aliphatic carbocycles. The minimum atomic E-state index is -3.48. The average Bonchev–Trinajstić information content (AvgIpc) is 3.16. The summed E-state index contributed by atoms with van der Waals surface area (Å²) in [7, 11) is -2.38. The summed E-state index contributed by atoms with van der Waals surface area (Å²) < 4.78 is 27.6. The third-order valence-electron chi connectivity index (χ3n) is 5.44. The minimum absolute atomic E-state index is 0.00899. The summed E-state index contributed by atoms with van der Waals surface area (Å²) in [5.41, 5.74) is 0. The number of rotatable bonds is 7. The van der Waals surface area contributed by atoms with Crippen molar-refractivity contribution >= 4 is 23.4 Å². The lowest BCUT2D eigenvalue weighted by atomic mass is 9.86. The van der Waals surface area contributed by atoms with Gasteiger partial charge in [0.05, 0.1) is 11.4 Å². The Labute approximate surface area is 161 Å². The molecule has 27 heavy (non-hydrogen) atoms. The maximum atomic E-state index is 12.4. The van der Waals surface area contributed by atoms with E-state index in [0.717, 1.165) is 46.0 Å². The third-order valence-corrected chi connectivity index (χ3v) is 6.97. The number of nitrogens with zero attached hydrogens (tertiary/aromatic N) is 1. The lowest BCUT2D eigenvalue weighted by Gasteiger charge is -2.30. The van der Waals surface area contributed by atoms with Crippen LogP contribution in [0.15, 0.2) is 35.2 Å². The zero-order valence-electron chi connectivity index (χ0n) is 15.4. The van der Waals surface area contributed by atoms with Gasteiger partial charge in [0.25, 0.3) is 0 Å². The molecule has 3 rings (SSSR count). The first kappa shape index (κ1) is 20.3. The second-order valence-corrected chi connectivity index (χ2v) is 9.02. The van der Waals surface area contributed by atoms with Gasteiger partial charge in [-0.2, -0.15) is 0 Å². The van der Waals surface area contributed by atoms with E-state index < -0.39 is 10.0 Å². The zero-order chi connectivity index (χ0) is 19.3. The van der Waals surface area contributed by atoms with Crippen LogP contribution in [0.1, 0.15) is 38.5 Å². The fraction of sp³-hybridized carbons (Fsp3) is 0.611. The molecular weight excluding hydrogens is 365 g/mol. The van der Waals surface area contributed by atoms with Crippen molar-refractivity contribution in [3.05, 3.63) is 30.3 Å². The zero-order valence-corrected chi connectivity index (χ0v) is 16.2. The first-order valence-electron chi connectivity index (χ1n) is 9.57. The van der Waals surface area contributed by atoms with Crippen molar-refractivity contribution in [1.82, 2.24) is 14.9 Å². The maximum absolute atomic E-state index is 12.4. The molecule has 1 saturated heterocycles. The van der Waals surface area contributed by atoms with Crippen molar-refractivity contribution < 1.29 is 18.2 Å². The fourth-order valence-electron chi connectivity index (χ4n) is 3.89. The molecule has 1 aromatic carbocycles. The maximum Gasteiger partial charge on any atom is 0.312 e. The Bertz CT molecular complexity index is 723. The quantitative estimate of drug-likeness (QED) is 0.585. The number of nitrogens with one attached hydrogen (secondary N) is 2. The molecule has 1 atom stereocenters. The molecule has 3 N–H and O–H groups in total. The number of carbonyl (C=O) groups excluding carboxylic acids is 1. The van der Waals surface area contributed by atoms with Gasteiger partial charge < -0.3 is 15.2 Å². The van der Waals surface area contributed by atoms with Gasteiger partial charge in [0, 0.05) is 24.6 Å². The van der Waals surface area contributed by atoms with Crippen LogP contribution in [0, 0.1) is 0 Å². The summed E-state index contributed by atoms with van der Waals surface area (Å²) in [6.45, 7) is 0.950. The SMILES string of the molecule is O=C(CNC1CCC(NS(=O)(=O)c2ccccc2)CC1)N1CCC[C@H]1[B]O. The summed E-state index contributed by atoms with van der Waals surface area (Å²) >= 11 is 0. The van der Waals surface area contributed by atoms with Crippen LogP contribution >= 0.6 is 0 Å². The highest BCUT2D eigenvalue weighted by atomic mass is 32.2.